The lowest BCUT2D eigenvalue weighted by molar-refractivity contribution is 0.414. The first kappa shape index (κ1) is 10.6. The van der Waals surface area contributed by atoms with Crippen LogP contribution >= 0.6 is 0 Å². The van der Waals surface area contributed by atoms with E-state index in [2.05, 4.69) is 6.58 Å². The summed E-state index contributed by atoms with van der Waals surface area (Å²) >= 11 is 0. The Morgan fingerprint density at radius 2 is 2.06 bits per heavy atom. The molecule has 1 aromatic heterocycles. The molecule has 0 saturated carbocycles. The van der Waals surface area contributed by atoms with E-state index in [9.17, 15) is 0 Å². The van der Waals surface area contributed by atoms with Crippen LogP contribution in [0, 0.1) is 6.92 Å². The fourth-order valence-corrected chi connectivity index (χ4v) is 1.62. The number of ether oxygens (including phenoxy) is 1. The van der Waals surface area contributed by atoms with Crippen LogP contribution < -0.4 is 4.74 Å². The first-order valence-electron chi connectivity index (χ1n) is 5.12. The average molecular weight is 214 g/mol. The second kappa shape index (κ2) is 4.27. The molecule has 0 saturated heterocycles. The van der Waals surface area contributed by atoms with Gasteiger partial charge in [-0.15, -0.1) is 0 Å². The number of aryl methyl sites for hydroxylation is 1. The molecule has 0 aliphatic rings. The summed E-state index contributed by atoms with van der Waals surface area (Å²) in [4.78, 5) is 0. The standard InChI is InChI=1S/C14H14O2/c1-4-11-6-7-12(9-14(11)15-3)13-8-5-10(2)16-13/h4-9H,1H2,2-3H3. The van der Waals surface area contributed by atoms with Gasteiger partial charge in [-0.1, -0.05) is 24.8 Å². The molecule has 0 aliphatic carbocycles. The van der Waals surface area contributed by atoms with Crippen molar-refractivity contribution >= 4 is 6.08 Å². The highest BCUT2D eigenvalue weighted by molar-refractivity contribution is 5.66. The van der Waals surface area contributed by atoms with E-state index in [4.69, 9.17) is 9.15 Å². The van der Waals surface area contributed by atoms with Crippen molar-refractivity contribution in [3.63, 3.8) is 0 Å². The van der Waals surface area contributed by atoms with Gasteiger partial charge < -0.3 is 9.15 Å². The highest BCUT2D eigenvalue weighted by Crippen LogP contribution is 2.28. The molecule has 0 aliphatic heterocycles. The third-order valence-electron chi connectivity index (χ3n) is 2.48. The molecule has 0 radical (unpaired) electrons. The van der Waals surface area contributed by atoms with Crippen molar-refractivity contribution in [3.05, 3.63) is 48.2 Å². The van der Waals surface area contributed by atoms with E-state index in [-0.39, 0.29) is 0 Å². The molecule has 0 fully saturated rings. The van der Waals surface area contributed by atoms with E-state index in [0.29, 0.717) is 0 Å². The van der Waals surface area contributed by atoms with Gasteiger partial charge in [0.2, 0.25) is 0 Å². The maximum atomic E-state index is 5.56. The third kappa shape index (κ3) is 1.87. The molecule has 0 spiro atoms. The molecular formula is C14H14O2. The quantitative estimate of drug-likeness (QED) is 0.773. The second-order valence-electron chi connectivity index (χ2n) is 3.57. The van der Waals surface area contributed by atoms with Crippen LogP contribution in [0.25, 0.3) is 17.4 Å². The van der Waals surface area contributed by atoms with Gasteiger partial charge in [-0.05, 0) is 25.1 Å². The summed E-state index contributed by atoms with van der Waals surface area (Å²) in [5.74, 6) is 2.56. The van der Waals surface area contributed by atoms with Gasteiger partial charge in [0.25, 0.3) is 0 Å². The largest absolute Gasteiger partial charge is 0.496 e. The van der Waals surface area contributed by atoms with Crippen molar-refractivity contribution in [3.8, 4) is 17.1 Å². The summed E-state index contributed by atoms with van der Waals surface area (Å²) in [6.45, 7) is 5.67. The van der Waals surface area contributed by atoms with Crippen LogP contribution in [-0.4, -0.2) is 7.11 Å². The van der Waals surface area contributed by atoms with E-state index in [1.165, 1.54) is 0 Å². The van der Waals surface area contributed by atoms with Gasteiger partial charge >= 0.3 is 0 Å². The molecule has 0 N–H and O–H groups in total. The van der Waals surface area contributed by atoms with Crippen LogP contribution in [0.15, 0.2) is 41.3 Å². The molecule has 1 heterocycles. The zero-order chi connectivity index (χ0) is 11.5. The second-order valence-corrected chi connectivity index (χ2v) is 3.57. The molecule has 16 heavy (non-hydrogen) atoms. The molecule has 82 valence electrons. The van der Waals surface area contributed by atoms with Gasteiger partial charge in [0.15, 0.2) is 0 Å². The van der Waals surface area contributed by atoms with Crippen LogP contribution in [0.5, 0.6) is 5.75 Å². The van der Waals surface area contributed by atoms with Crippen molar-refractivity contribution in [2.24, 2.45) is 0 Å². The lowest BCUT2D eigenvalue weighted by Gasteiger charge is -2.06. The van der Waals surface area contributed by atoms with Crippen LogP contribution in [0.2, 0.25) is 0 Å². The Labute approximate surface area is 95.2 Å². The van der Waals surface area contributed by atoms with E-state index in [0.717, 1.165) is 28.4 Å². The number of hydrogen-bond acceptors (Lipinski definition) is 2. The number of rotatable bonds is 3. The summed E-state index contributed by atoms with van der Waals surface area (Å²) in [6.07, 6.45) is 1.77. The smallest absolute Gasteiger partial charge is 0.134 e. The van der Waals surface area contributed by atoms with Crippen LogP contribution in [0.4, 0.5) is 0 Å². The fraction of sp³-hybridized carbons (Fsp3) is 0.143. The van der Waals surface area contributed by atoms with Gasteiger partial charge in [-0.25, -0.2) is 0 Å². The molecule has 0 atom stereocenters. The zero-order valence-corrected chi connectivity index (χ0v) is 9.49. The summed E-state index contributed by atoms with van der Waals surface area (Å²) in [5, 5.41) is 0. The first-order chi connectivity index (χ1) is 7.74. The fourth-order valence-electron chi connectivity index (χ4n) is 1.62. The van der Waals surface area contributed by atoms with Gasteiger partial charge in [-0.2, -0.15) is 0 Å². The molecule has 2 aromatic rings. The third-order valence-corrected chi connectivity index (χ3v) is 2.48. The van der Waals surface area contributed by atoms with Crippen molar-refractivity contribution in [1.29, 1.82) is 0 Å². The molecule has 0 unspecified atom stereocenters. The molecule has 2 nitrogen and oxygen atoms in total. The molecule has 2 rings (SSSR count). The van der Waals surface area contributed by atoms with Crippen molar-refractivity contribution in [1.82, 2.24) is 0 Å². The zero-order valence-electron chi connectivity index (χ0n) is 9.49. The monoisotopic (exact) mass is 214 g/mol. The normalized spacial score (nSPS) is 10.1. The molecule has 0 bridgehead atoms. The Bertz CT molecular complexity index is 509. The Kier molecular flexibility index (Phi) is 2.82. The number of hydrogen-bond donors (Lipinski definition) is 0. The SMILES string of the molecule is C=Cc1ccc(-c2ccc(C)o2)cc1OC. The van der Waals surface area contributed by atoms with Crippen molar-refractivity contribution in [2.45, 2.75) is 6.92 Å². The number of methoxy groups -OCH3 is 1. The topological polar surface area (TPSA) is 22.4 Å². The molecule has 1 aromatic carbocycles. The van der Waals surface area contributed by atoms with Gasteiger partial charge in [0.05, 0.1) is 7.11 Å². The van der Waals surface area contributed by atoms with Crippen LogP contribution in [-0.2, 0) is 0 Å². The summed E-state index contributed by atoms with van der Waals surface area (Å²) in [5.41, 5.74) is 1.99. The number of benzene rings is 1. The Balaban J connectivity index is 2.47. The highest BCUT2D eigenvalue weighted by Gasteiger charge is 2.06. The maximum Gasteiger partial charge on any atom is 0.134 e. The molecule has 0 amide bonds. The van der Waals surface area contributed by atoms with E-state index < -0.39 is 0 Å². The van der Waals surface area contributed by atoms with Gasteiger partial charge in [-0.3, -0.25) is 0 Å². The van der Waals surface area contributed by atoms with E-state index in [1.807, 2.05) is 37.3 Å². The van der Waals surface area contributed by atoms with Crippen molar-refractivity contribution in [2.75, 3.05) is 7.11 Å². The van der Waals surface area contributed by atoms with Crippen molar-refractivity contribution < 1.29 is 9.15 Å². The van der Waals surface area contributed by atoms with E-state index >= 15 is 0 Å². The lowest BCUT2D eigenvalue weighted by Crippen LogP contribution is -1.87. The van der Waals surface area contributed by atoms with Gasteiger partial charge in [0.1, 0.15) is 17.3 Å². The lowest BCUT2D eigenvalue weighted by atomic mass is 10.1. The summed E-state index contributed by atoms with van der Waals surface area (Å²) in [7, 11) is 1.65. The number of furan rings is 1. The minimum Gasteiger partial charge on any atom is -0.496 e. The Hall–Kier alpha value is -1.96. The van der Waals surface area contributed by atoms with Gasteiger partial charge in [0, 0.05) is 11.1 Å². The predicted octanol–water partition coefficient (Wildman–Crippen LogP) is 3.91. The summed E-state index contributed by atoms with van der Waals surface area (Å²) in [6, 6.07) is 9.83. The summed E-state index contributed by atoms with van der Waals surface area (Å²) < 4.78 is 10.9. The molecular weight excluding hydrogens is 200 g/mol. The molecule has 2 heteroatoms. The first-order valence-corrected chi connectivity index (χ1v) is 5.12. The Morgan fingerprint density at radius 1 is 1.25 bits per heavy atom. The maximum absolute atomic E-state index is 5.56. The predicted molar refractivity (Wildman–Crippen MR) is 65.5 cm³/mol. The van der Waals surface area contributed by atoms with Crippen LogP contribution in [0.1, 0.15) is 11.3 Å². The van der Waals surface area contributed by atoms with Crippen LogP contribution in [0.3, 0.4) is 0 Å². The minimum absolute atomic E-state index is 0.807. The average Bonchev–Trinajstić information content (AvgIpc) is 2.75. The van der Waals surface area contributed by atoms with E-state index in [1.54, 1.807) is 13.2 Å². The Morgan fingerprint density at radius 3 is 2.62 bits per heavy atom. The highest BCUT2D eigenvalue weighted by atomic mass is 16.5. The minimum atomic E-state index is 0.807.